The Bertz CT molecular complexity index is 468. The van der Waals surface area contributed by atoms with Gasteiger partial charge < -0.3 is 20.2 Å². The predicted octanol–water partition coefficient (Wildman–Crippen LogP) is 0.274. The Morgan fingerprint density at radius 2 is 2.00 bits per heavy atom. The van der Waals surface area contributed by atoms with E-state index in [1.54, 1.807) is 11.0 Å². The van der Waals surface area contributed by atoms with Crippen LogP contribution in [0.3, 0.4) is 0 Å². The summed E-state index contributed by atoms with van der Waals surface area (Å²) in [6.07, 6.45) is -0.0526. The number of aryl methyl sites for hydroxylation is 1. The number of carboxylic acids is 1. The average molecular weight is 266 g/mol. The molecule has 1 aromatic heterocycles. The van der Waals surface area contributed by atoms with Gasteiger partial charge in [0.15, 0.2) is 0 Å². The Morgan fingerprint density at radius 3 is 2.53 bits per heavy atom. The van der Waals surface area contributed by atoms with Crippen LogP contribution in [-0.2, 0) is 6.42 Å². The number of aliphatic hydroxyl groups is 2. The van der Waals surface area contributed by atoms with Gasteiger partial charge in [0.2, 0.25) is 0 Å². The van der Waals surface area contributed by atoms with Gasteiger partial charge in [-0.15, -0.1) is 0 Å². The zero-order valence-corrected chi connectivity index (χ0v) is 10.8. The molecular formula is C13H18N2O4. The third kappa shape index (κ3) is 3.02. The Kier molecular flexibility index (Phi) is 4.01. The number of carbonyl (C=O) groups is 1. The molecule has 1 saturated heterocycles. The summed E-state index contributed by atoms with van der Waals surface area (Å²) in [6, 6.07) is 3.05. The first-order valence-electron chi connectivity index (χ1n) is 6.36. The summed E-state index contributed by atoms with van der Waals surface area (Å²) in [5.74, 6) is -0.500. The van der Waals surface area contributed by atoms with E-state index in [2.05, 4.69) is 4.98 Å². The van der Waals surface area contributed by atoms with Crippen LogP contribution in [0, 0.1) is 0 Å². The summed E-state index contributed by atoms with van der Waals surface area (Å²) in [5.41, 5.74) is 0.901. The van der Waals surface area contributed by atoms with Gasteiger partial charge in [0.1, 0.15) is 5.82 Å². The van der Waals surface area contributed by atoms with Crippen molar-refractivity contribution in [1.29, 1.82) is 0 Å². The van der Waals surface area contributed by atoms with Crippen LogP contribution in [-0.4, -0.2) is 51.6 Å². The van der Waals surface area contributed by atoms with Crippen molar-refractivity contribution >= 4 is 11.8 Å². The maximum atomic E-state index is 11.1. The number of hydrogen-bond donors (Lipinski definition) is 3. The van der Waals surface area contributed by atoms with E-state index in [1.807, 2.05) is 6.92 Å². The van der Waals surface area contributed by atoms with Gasteiger partial charge in [-0.25, -0.2) is 9.78 Å². The minimum Gasteiger partial charge on any atom is -0.478 e. The second-order valence-corrected chi connectivity index (χ2v) is 4.80. The largest absolute Gasteiger partial charge is 0.478 e. The molecule has 2 rings (SSSR count). The normalized spacial score (nSPS) is 22.8. The van der Waals surface area contributed by atoms with Crippen molar-refractivity contribution in [2.75, 3.05) is 18.0 Å². The van der Waals surface area contributed by atoms with Crippen molar-refractivity contribution in [3.63, 3.8) is 0 Å². The van der Waals surface area contributed by atoms with E-state index in [0.717, 1.165) is 6.42 Å². The molecule has 0 amide bonds. The lowest BCUT2D eigenvalue weighted by Crippen LogP contribution is -2.23. The SMILES string of the molecule is CCCc1cc(C(=O)O)cc(N2CC(O)C(O)C2)n1. The number of β-amino-alcohol motifs (C(OH)–C–C–N with tert-alkyl or cyclic N) is 2. The Labute approximate surface area is 111 Å². The number of nitrogens with zero attached hydrogens (tertiary/aromatic N) is 2. The van der Waals surface area contributed by atoms with Gasteiger partial charge in [0.25, 0.3) is 0 Å². The Balaban J connectivity index is 2.31. The molecule has 2 atom stereocenters. The molecule has 6 nitrogen and oxygen atoms in total. The highest BCUT2D eigenvalue weighted by Crippen LogP contribution is 2.21. The lowest BCUT2D eigenvalue weighted by atomic mass is 10.1. The Morgan fingerprint density at radius 1 is 1.37 bits per heavy atom. The van der Waals surface area contributed by atoms with Crippen molar-refractivity contribution in [2.45, 2.75) is 32.0 Å². The summed E-state index contributed by atoms with van der Waals surface area (Å²) in [6.45, 7) is 2.53. The molecule has 1 aliphatic heterocycles. The zero-order chi connectivity index (χ0) is 14.0. The quantitative estimate of drug-likeness (QED) is 0.724. The zero-order valence-electron chi connectivity index (χ0n) is 10.8. The first-order valence-corrected chi connectivity index (χ1v) is 6.36. The minimum absolute atomic E-state index is 0.185. The van der Waals surface area contributed by atoms with Crippen molar-refractivity contribution in [2.24, 2.45) is 0 Å². The minimum atomic E-state index is -0.999. The van der Waals surface area contributed by atoms with Gasteiger partial charge in [-0.05, 0) is 18.6 Å². The van der Waals surface area contributed by atoms with E-state index >= 15 is 0 Å². The number of carboxylic acid groups (broad SMARTS) is 1. The summed E-state index contributed by atoms with van der Waals surface area (Å²) in [7, 11) is 0. The second-order valence-electron chi connectivity index (χ2n) is 4.80. The van der Waals surface area contributed by atoms with Crippen LogP contribution in [0.25, 0.3) is 0 Å². The summed E-state index contributed by atoms with van der Waals surface area (Å²) >= 11 is 0. The molecule has 0 aliphatic carbocycles. The molecule has 0 aromatic carbocycles. The van der Waals surface area contributed by atoms with Crippen LogP contribution >= 0.6 is 0 Å². The molecule has 2 heterocycles. The number of pyridine rings is 1. The molecule has 0 radical (unpaired) electrons. The fraction of sp³-hybridized carbons (Fsp3) is 0.538. The number of aromatic carboxylic acids is 1. The standard InChI is InChI=1S/C13H18N2O4/c1-2-3-9-4-8(13(18)19)5-12(14-9)15-6-10(16)11(17)7-15/h4-5,10-11,16-17H,2-3,6-7H2,1H3,(H,18,19). The maximum absolute atomic E-state index is 11.1. The van der Waals surface area contributed by atoms with E-state index in [9.17, 15) is 15.0 Å². The van der Waals surface area contributed by atoms with Crippen molar-refractivity contribution in [1.82, 2.24) is 4.98 Å². The first-order chi connectivity index (χ1) is 9.01. The lowest BCUT2D eigenvalue weighted by Gasteiger charge is -2.18. The third-order valence-corrected chi connectivity index (χ3v) is 3.20. The third-order valence-electron chi connectivity index (χ3n) is 3.20. The first kappa shape index (κ1) is 13.8. The van der Waals surface area contributed by atoms with E-state index in [0.29, 0.717) is 17.9 Å². The Hall–Kier alpha value is -1.66. The number of hydrogen-bond acceptors (Lipinski definition) is 5. The van der Waals surface area contributed by atoms with Gasteiger partial charge >= 0.3 is 5.97 Å². The van der Waals surface area contributed by atoms with Crippen LogP contribution in [0.2, 0.25) is 0 Å². The highest BCUT2D eigenvalue weighted by molar-refractivity contribution is 5.88. The van der Waals surface area contributed by atoms with Crippen molar-refractivity contribution in [3.05, 3.63) is 23.4 Å². The smallest absolute Gasteiger partial charge is 0.335 e. The molecule has 2 unspecified atom stereocenters. The summed E-state index contributed by atoms with van der Waals surface area (Å²) < 4.78 is 0. The number of anilines is 1. The fourth-order valence-electron chi connectivity index (χ4n) is 2.20. The topological polar surface area (TPSA) is 93.9 Å². The number of aromatic nitrogens is 1. The van der Waals surface area contributed by atoms with Crippen LogP contribution in [0.5, 0.6) is 0 Å². The van der Waals surface area contributed by atoms with Crippen LogP contribution in [0.1, 0.15) is 29.4 Å². The summed E-state index contributed by atoms with van der Waals surface area (Å²) in [5, 5.41) is 28.2. The molecule has 6 heteroatoms. The average Bonchev–Trinajstić information content (AvgIpc) is 2.70. The van der Waals surface area contributed by atoms with E-state index in [4.69, 9.17) is 5.11 Å². The molecule has 1 aliphatic rings. The van der Waals surface area contributed by atoms with Crippen LogP contribution in [0.4, 0.5) is 5.82 Å². The van der Waals surface area contributed by atoms with Gasteiger partial charge in [-0.2, -0.15) is 0 Å². The molecule has 0 spiro atoms. The van der Waals surface area contributed by atoms with Gasteiger partial charge in [0.05, 0.1) is 17.8 Å². The van der Waals surface area contributed by atoms with Crippen LogP contribution in [0.15, 0.2) is 12.1 Å². The van der Waals surface area contributed by atoms with E-state index < -0.39 is 18.2 Å². The molecule has 0 bridgehead atoms. The monoisotopic (exact) mass is 266 g/mol. The molecule has 19 heavy (non-hydrogen) atoms. The van der Waals surface area contributed by atoms with Crippen LogP contribution < -0.4 is 4.90 Å². The van der Waals surface area contributed by atoms with Gasteiger partial charge in [-0.1, -0.05) is 13.3 Å². The number of rotatable bonds is 4. The van der Waals surface area contributed by atoms with Crippen molar-refractivity contribution < 1.29 is 20.1 Å². The molecule has 1 aromatic rings. The van der Waals surface area contributed by atoms with Gasteiger partial charge in [-0.3, -0.25) is 0 Å². The molecule has 3 N–H and O–H groups in total. The number of aliphatic hydroxyl groups excluding tert-OH is 2. The highest BCUT2D eigenvalue weighted by Gasteiger charge is 2.30. The molecule has 0 saturated carbocycles. The second kappa shape index (κ2) is 5.54. The lowest BCUT2D eigenvalue weighted by molar-refractivity contribution is 0.0572. The molecule has 104 valence electrons. The van der Waals surface area contributed by atoms with Gasteiger partial charge in [0, 0.05) is 18.8 Å². The molecular weight excluding hydrogens is 248 g/mol. The van der Waals surface area contributed by atoms with E-state index in [-0.39, 0.29) is 18.7 Å². The summed E-state index contributed by atoms with van der Waals surface area (Å²) in [4.78, 5) is 17.2. The fourth-order valence-corrected chi connectivity index (χ4v) is 2.20. The maximum Gasteiger partial charge on any atom is 0.335 e. The van der Waals surface area contributed by atoms with Crippen molar-refractivity contribution in [3.8, 4) is 0 Å². The predicted molar refractivity (Wildman–Crippen MR) is 69.4 cm³/mol. The highest BCUT2D eigenvalue weighted by atomic mass is 16.4. The van der Waals surface area contributed by atoms with E-state index in [1.165, 1.54) is 6.07 Å². The molecule has 1 fully saturated rings.